The second-order valence-corrected chi connectivity index (χ2v) is 6.84. The van der Waals surface area contributed by atoms with Crippen LogP contribution in [0.2, 0.25) is 0 Å². The minimum absolute atomic E-state index is 0.0159. The number of furan rings is 1. The average Bonchev–Trinajstić information content (AvgIpc) is 3.04. The number of benzene rings is 1. The number of carbonyl (C=O) groups excluding carboxylic acids is 1. The van der Waals surface area contributed by atoms with Crippen molar-refractivity contribution in [1.82, 2.24) is 10.2 Å². The number of aliphatic hydroxyl groups excluding tert-OH is 1. The SMILES string of the molecule is CCc1ccc2occ(CC(=O)NCCN3CCCC[C@H]3CO)c2c1. The molecular weight excluding hydrogens is 316 g/mol. The molecule has 5 heteroatoms. The molecule has 3 rings (SSSR count). The van der Waals surface area contributed by atoms with E-state index in [1.54, 1.807) is 6.26 Å². The van der Waals surface area contributed by atoms with Gasteiger partial charge in [-0.15, -0.1) is 0 Å². The van der Waals surface area contributed by atoms with Crippen LogP contribution >= 0.6 is 0 Å². The Morgan fingerprint density at radius 2 is 2.28 bits per heavy atom. The lowest BCUT2D eigenvalue weighted by Crippen LogP contribution is -2.45. The van der Waals surface area contributed by atoms with Crippen LogP contribution < -0.4 is 5.32 Å². The molecule has 1 aromatic carbocycles. The summed E-state index contributed by atoms with van der Waals surface area (Å²) in [5.74, 6) is 0.0159. The Balaban J connectivity index is 1.52. The third kappa shape index (κ3) is 4.41. The third-order valence-corrected chi connectivity index (χ3v) is 5.16. The van der Waals surface area contributed by atoms with Gasteiger partial charge in [0.05, 0.1) is 19.3 Å². The van der Waals surface area contributed by atoms with E-state index in [-0.39, 0.29) is 18.6 Å². The van der Waals surface area contributed by atoms with E-state index < -0.39 is 0 Å². The van der Waals surface area contributed by atoms with Crippen LogP contribution in [0.1, 0.15) is 37.3 Å². The minimum atomic E-state index is 0.0159. The van der Waals surface area contributed by atoms with E-state index >= 15 is 0 Å². The predicted octanol–water partition coefficient (Wildman–Crippen LogP) is 2.50. The Bertz CT molecular complexity index is 710. The zero-order valence-corrected chi connectivity index (χ0v) is 15.0. The molecule has 1 aliphatic rings. The molecule has 0 saturated carbocycles. The molecule has 5 nitrogen and oxygen atoms in total. The zero-order valence-electron chi connectivity index (χ0n) is 15.0. The van der Waals surface area contributed by atoms with Crippen molar-refractivity contribution in [3.8, 4) is 0 Å². The number of fused-ring (bicyclic) bond motifs is 1. The smallest absolute Gasteiger partial charge is 0.224 e. The van der Waals surface area contributed by atoms with Gasteiger partial charge in [-0.25, -0.2) is 0 Å². The van der Waals surface area contributed by atoms with Crippen molar-refractivity contribution >= 4 is 16.9 Å². The Morgan fingerprint density at radius 1 is 1.40 bits per heavy atom. The summed E-state index contributed by atoms with van der Waals surface area (Å²) < 4.78 is 5.56. The average molecular weight is 344 g/mol. The van der Waals surface area contributed by atoms with Crippen LogP contribution in [0, 0.1) is 0 Å². The molecule has 0 bridgehead atoms. The van der Waals surface area contributed by atoms with Crippen molar-refractivity contribution in [2.75, 3.05) is 26.2 Å². The number of hydrogen-bond donors (Lipinski definition) is 2. The van der Waals surface area contributed by atoms with Gasteiger partial charge in [0, 0.05) is 30.1 Å². The Morgan fingerprint density at radius 3 is 3.08 bits per heavy atom. The third-order valence-electron chi connectivity index (χ3n) is 5.16. The number of amides is 1. The first kappa shape index (κ1) is 18.0. The van der Waals surface area contributed by atoms with Crippen molar-refractivity contribution in [2.45, 2.75) is 45.1 Å². The van der Waals surface area contributed by atoms with Crippen molar-refractivity contribution in [1.29, 1.82) is 0 Å². The molecule has 0 radical (unpaired) electrons. The van der Waals surface area contributed by atoms with E-state index in [2.05, 4.69) is 29.3 Å². The molecule has 0 aliphatic carbocycles. The van der Waals surface area contributed by atoms with Crippen LogP contribution in [0.5, 0.6) is 0 Å². The van der Waals surface area contributed by atoms with Gasteiger partial charge >= 0.3 is 0 Å². The van der Waals surface area contributed by atoms with Gasteiger partial charge in [-0.1, -0.05) is 19.4 Å². The van der Waals surface area contributed by atoms with Crippen molar-refractivity contribution in [3.05, 3.63) is 35.6 Å². The maximum atomic E-state index is 12.3. The predicted molar refractivity (Wildman–Crippen MR) is 98.6 cm³/mol. The molecule has 1 fully saturated rings. The molecule has 1 saturated heterocycles. The highest BCUT2D eigenvalue weighted by molar-refractivity contribution is 5.88. The van der Waals surface area contributed by atoms with Gasteiger partial charge < -0.3 is 14.8 Å². The summed E-state index contributed by atoms with van der Waals surface area (Å²) >= 11 is 0. The zero-order chi connectivity index (χ0) is 17.6. The Labute approximate surface area is 149 Å². The molecule has 1 atom stereocenters. The van der Waals surface area contributed by atoms with E-state index in [4.69, 9.17) is 4.42 Å². The largest absolute Gasteiger partial charge is 0.464 e. The molecule has 136 valence electrons. The highest BCUT2D eigenvalue weighted by Crippen LogP contribution is 2.23. The van der Waals surface area contributed by atoms with E-state index in [0.717, 1.165) is 42.5 Å². The van der Waals surface area contributed by atoms with Crippen LogP contribution in [-0.2, 0) is 17.6 Å². The number of carbonyl (C=O) groups is 1. The lowest BCUT2D eigenvalue weighted by atomic mass is 10.0. The molecule has 25 heavy (non-hydrogen) atoms. The maximum absolute atomic E-state index is 12.3. The van der Waals surface area contributed by atoms with E-state index in [1.807, 2.05) is 6.07 Å². The van der Waals surface area contributed by atoms with Gasteiger partial charge in [-0.2, -0.15) is 0 Å². The number of nitrogens with one attached hydrogen (secondary N) is 1. The normalized spacial score (nSPS) is 18.6. The molecule has 0 spiro atoms. The highest BCUT2D eigenvalue weighted by Gasteiger charge is 2.21. The number of hydrogen-bond acceptors (Lipinski definition) is 4. The summed E-state index contributed by atoms with van der Waals surface area (Å²) in [7, 11) is 0. The van der Waals surface area contributed by atoms with Crippen molar-refractivity contribution in [3.63, 3.8) is 0 Å². The van der Waals surface area contributed by atoms with Crippen LogP contribution in [0.25, 0.3) is 11.0 Å². The topological polar surface area (TPSA) is 65.7 Å². The van der Waals surface area contributed by atoms with Gasteiger partial charge in [0.2, 0.25) is 5.91 Å². The van der Waals surface area contributed by atoms with Gasteiger partial charge in [0.25, 0.3) is 0 Å². The van der Waals surface area contributed by atoms with E-state index in [0.29, 0.717) is 13.0 Å². The number of rotatable bonds is 7. The summed E-state index contributed by atoms with van der Waals surface area (Å²) in [5.41, 5.74) is 3.02. The number of nitrogens with zero attached hydrogens (tertiary/aromatic N) is 1. The molecule has 2 heterocycles. The first-order valence-corrected chi connectivity index (χ1v) is 9.32. The number of aliphatic hydroxyl groups is 1. The fraction of sp³-hybridized carbons (Fsp3) is 0.550. The molecule has 2 aromatic rings. The van der Waals surface area contributed by atoms with Gasteiger partial charge in [-0.3, -0.25) is 9.69 Å². The first-order chi connectivity index (χ1) is 12.2. The summed E-state index contributed by atoms with van der Waals surface area (Å²) in [4.78, 5) is 14.6. The molecular formula is C20H28N2O3. The van der Waals surface area contributed by atoms with Crippen LogP contribution in [0.15, 0.2) is 28.9 Å². The quantitative estimate of drug-likeness (QED) is 0.810. The second-order valence-electron chi connectivity index (χ2n) is 6.84. The van der Waals surface area contributed by atoms with Gasteiger partial charge in [0.15, 0.2) is 0 Å². The van der Waals surface area contributed by atoms with Crippen LogP contribution in [0.4, 0.5) is 0 Å². The summed E-state index contributed by atoms with van der Waals surface area (Å²) in [6, 6.07) is 6.39. The highest BCUT2D eigenvalue weighted by atomic mass is 16.3. The summed E-state index contributed by atoms with van der Waals surface area (Å²) in [5, 5.41) is 13.5. The van der Waals surface area contributed by atoms with Gasteiger partial charge in [0.1, 0.15) is 5.58 Å². The monoisotopic (exact) mass is 344 g/mol. The van der Waals surface area contributed by atoms with Gasteiger partial charge in [-0.05, 0) is 43.5 Å². The van der Waals surface area contributed by atoms with Crippen LogP contribution in [-0.4, -0.2) is 48.2 Å². The molecule has 1 amide bonds. The summed E-state index contributed by atoms with van der Waals surface area (Å²) in [6.07, 6.45) is 6.39. The summed E-state index contributed by atoms with van der Waals surface area (Å²) in [6.45, 7) is 4.74. The van der Waals surface area contributed by atoms with Crippen molar-refractivity contribution < 1.29 is 14.3 Å². The van der Waals surface area contributed by atoms with E-state index in [9.17, 15) is 9.90 Å². The molecule has 1 aromatic heterocycles. The lowest BCUT2D eigenvalue weighted by molar-refractivity contribution is -0.120. The molecule has 2 N–H and O–H groups in total. The number of piperidine rings is 1. The maximum Gasteiger partial charge on any atom is 0.224 e. The number of aryl methyl sites for hydroxylation is 1. The minimum Gasteiger partial charge on any atom is -0.464 e. The Kier molecular flexibility index (Phi) is 6.10. The standard InChI is InChI=1S/C20H28N2O3/c1-2-15-6-7-19-18(11-15)16(14-25-19)12-20(24)21-8-10-22-9-4-3-5-17(22)13-23/h6-7,11,14,17,23H,2-5,8-10,12-13H2,1H3,(H,21,24)/t17-/m0/s1. The van der Waals surface area contributed by atoms with E-state index in [1.165, 1.54) is 18.4 Å². The fourth-order valence-corrected chi connectivity index (χ4v) is 3.62. The molecule has 1 aliphatic heterocycles. The number of likely N-dealkylation sites (tertiary alicyclic amines) is 1. The van der Waals surface area contributed by atoms with Crippen LogP contribution in [0.3, 0.4) is 0 Å². The van der Waals surface area contributed by atoms with Crippen molar-refractivity contribution in [2.24, 2.45) is 0 Å². The second kappa shape index (κ2) is 8.50. The first-order valence-electron chi connectivity index (χ1n) is 9.32. The molecule has 0 unspecified atom stereocenters. The Hall–Kier alpha value is -1.85. The lowest BCUT2D eigenvalue weighted by Gasteiger charge is -2.34. The fourth-order valence-electron chi connectivity index (χ4n) is 3.62.